The minimum Gasteiger partial charge on any atom is -0.396 e. The fraction of sp³-hybridized carbons (Fsp3) is 0.778. The van der Waals surface area contributed by atoms with E-state index in [4.69, 9.17) is 10.2 Å². The third-order valence-electron chi connectivity index (χ3n) is 1.82. The molecule has 0 aromatic heterocycles. The summed E-state index contributed by atoms with van der Waals surface area (Å²) in [7, 11) is 0. The standard InChI is InChI=1S/C9H18O2/c1-2-3-4-5-9(8-11)6-7-10/h2,9-11H,1,3-8H2. The van der Waals surface area contributed by atoms with Crippen LogP contribution in [0.4, 0.5) is 0 Å². The Balaban J connectivity index is 3.27. The molecule has 2 nitrogen and oxygen atoms in total. The summed E-state index contributed by atoms with van der Waals surface area (Å²) < 4.78 is 0. The molecule has 0 saturated heterocycles. The van der Waals surface area contributed by atoms with Gasteiger partial charge in [-0.1, -0.05) is 6.08 Å². The average molecular weight is 158 g/mol. The topological polar surface area (TPSA) is 40.5 Å². The lowest BCUT2D eigenvalue weighted by molar-refractivity contribution is 0.175. The number of allylic oxidation sites excluding steroid dienone is 1. The van der Waals surface area contributed by atoms with Gasteiger partial charge in [0.1, 0.15) is 0 Å². The third kappa shape index (κ3) is 6.07. The largest absolute Gasteiger partial charge is 0.396 e. The molecular weight excluding hydrogens is 140 g/mol. The number of aliphatic hydroxyl groups excluding tert-OH is 2. The van der Waals surface area contributed by atoms with Gasteiger partial charge in [0.2, 0.25) is 0 Å². The maximum atomic E-state index is 8.82. The summed E-state index contributed by atoms with van der Waals surface area (Å²) in [6.07, 6.45) is 5.65. The zero-order chi connectivity index (χ0) is 8.53. The summed E-state index contributed by atoms with van der Waals surface area (Å²) in [5.74, 6) is 0.278. The molecule has 0 fully saturated rings. The van der Waals surface area contributed by atoms with Gasteiger partial charge in [0.15, 0.2) is 0 Å². The van der Waals surface area contributed by atoms with Gasteiger partial charge in [-0.25, -0.2) is 0 Å². The molecule has 66 valence electrons. The predicted octanol–water partition coefficient (Wildman–Crippen LogP) is 1.33. The van der Waals surface area contributed by atoms with Gasteiger partial charge in [0.05, 0.1) is 0 Å². The van der Waals surface area contributed by atoms with Crippen molar-refractivity contribution < 1.29 is 10.2 Å². The van der Waals surface area contributed by atoms with Crippen molar-refractivity contribution in [1.29, 1.82) is 0 Å². The van der Waals surface area contributed by atoms with E-state index in [2.05, 4.69) is 6.58 Å². The Kier molecular flexibility index (Phi) is 7.52. The van der Waals surface area contributed by atoms with Crippen LogP contribution in [-0.4, -0.2) is 23.4 Å². The highest BCUT2D eigenvalue weighted by Gasteiger charge is 2.04. The molecule has 11 heavy (non-hydrogen) atoms. The Hall–Kier alpha value is -0.340. The number of rotatable bonds is 7. The minimum absolute atomic E-state index is 0.180. The van der Waals surface area contributed by atoms with Gasteiger partial charge in [-0.05, 0) is 31.6 Å². The van der Waals surface area contributed by atoms with E-state index in [1.54, 1.807) is 0 Å². The van der Waals surface area contributed by atoms with E-state index >= 15 is 0 Å². The second kappa shape index (κ2) is 7.76. The lowest BCUT2D eigenvalue weighted by Gasteiger charge is -2.10. The summed E-state index contributed by atoms with van der Waals surface area (Å²) in [4.78, 5) is 0. The molecule has 0 aliphatic rings. The zero-order valence-corrected chi connectivity index (χ0v) is 7.00. The maximum Gasteiger partial charge on any atom is 0.0460 e. The molecule has 0 aromatic rings. The van der Waals surface area contributed by atoms with Gasteiger partial charge in [0, 0.05) is 13.2 Å². The number of aliphatic hydroxyl groups is 2. The van der Waals surface area contributed by atoms with Gasteiger partial charge >= 0.3 is 0 Å². The number of unbranched alkanes of at least 4 members (excludes halogenated alkanes) is 1. The summed E-state index contributed by atoms with van der Waals surface area (Å²) in [5, 5.41) is 17.4. The molecule has 1 unspecified atom stereocenters. The molecule has 0 radical (unpaired) electrons. The molecule has 0 rings (SSSR count). The Morgan fingerprint density at radius 1 is 1.27 bits per heavy atom. The van der Waals surface area contributed by atoms with E-state index < -0.39 is 0 Å². The van der Waals surface area contributed by atoms with Crippen LogP contribution < -0.4 is 0 Å². The molecule has 0 aromatic carbocycles. The number of hydrogen-bond acceptors (Lipinski definition) is 2. The van der Waals surface area contributed by atoms with Crippen LogP contribution >= 0.6 is 0 Å². The first-order chi connectivity index (χ1) is 5.35. The molecular formula is C9H18O2. The van der Waals surface area contributed by atoms with Crippen LogP contribution in [-0.2, 0) is 0 Å². The van der Waals surface area contributed by atoms with Crippen molar-refractivity contribution in [3.63, 3.8) is 0 Å². The quantitative estimate of drug-likeness (QED) is 0.433. The van der Waals surface area contributed by atoms with Crippen LogP contribution in [0.1, 0.15) is 25.7 Å². The summed E-state index contributed by atoms with van der Waals surface area (Å²) in [6, 6.07) is 0. The Bertz CT molecular complexity index is 91.6. The summed E-state index contributed by atoms with van der Waals surface area (Å²) >= 11 is 0. The monoisotopic (exact) mass is 158 g/mol. The SMILES string of the molecule is C=CCCCC(CO)CCO. The molecule has 0 bridgehead atoms. The fourth-order valence-electron chi connectivity index (χ4n) is 1.06. The Morgan fingerprint density at radius 3 is 2.45 bits per heavy atom. The van der Waals surface area contributed by atoms with Crippen molar-refractivity contribution in [3.05, 3.63) is 12.7 Å². The molecule has 2 N–H and O–H groups in total. The normalized spacial score (nSPS) is 12.9. The van der Waals surface area contributed by atoms with Crippen molar-refractivity contribution in [2.24, 2.45) is 5.92 Å². The Morgan fingerprint density at radius 2 is 2.00 bits per heavy atom. The van der Waals surface area contributed by atoms with E-state index in [1.165, 1.54) is 0 Å². The molecule has 0 aliphatic carbocycles. The molecule has 0 aliphatic heterocycles. The zero-order valence-electron chi connectivity index (χ0n) is 7.00. The first-order valence-corrected chi connectivity index (χ1v) is 4.17. The van der Waals surface area contributed by atoms with Crippen molar-refractivity contribution >= 4 is 0 Å². The lowest BCUT2D eigenvalue weighted by atomic mass is 10.00. The molecule has 1 atom stereocenters. The van der Waals surface area contributed by atoms with Crippen LogP contribution in [0, 0.1) is 5.92 Å². The van der Waals surface area contributed by atoms with Gasteiger partial charge in [-0.2, -0.15) is 0 Å². The highest BCUT2D eigenvalue weighted by Crippen LogP contribution is 2.11. The van der Waals surface area contributed by atoms with Gasteiger partial charge < -0.3 is 10.2 Å². The van der Waals surface area contributed by atoms with Gasteiger partial charge in [-0.3, -0.25) is 0 Å². The summed E-state index contributed by atoms with van der Waals surface area (Å²) in [5.41, 5.74) is 0. The van der Waals surface area contributed by atoms with E-state index in [-0.39, 0.29) is 19.1 Å². The third-order valence-corrected chi connectivity index (χ3v) is 1.82. The minimum atomic E-state index is 0.180. The molecule has 0 amide bonds. The first kappa shape index (κ1) is 10.7. The van der Waals surface area contributed by atoms with Crippen molar-refractivity contribution in [2.45, 2.75) is 25.7 Å². The van der Waals surface area contributed by atoms with E-state index in [1.807, 2.05) is 6.08 Å². The second-order valence-corrected chi connectivity index (χ2v) is 2.78. The van der Waals surface area contributed by atoms with Crippen LogP contribution in [0.2, 0.25) is 0 Å². The second-order valence-electron chi connectivity index (χ2n) is 2.78. The van der Waals surface area contributed by atoms with Crippen LogP contribution in [0.25, 0.3) is 0 Å². The summed E-state index contributed by atoms with van der Waals surface area (Å²) in [6.45, 7) is 3.99. The van der Waals surface area contributed by atoms with E-state index in [0.29, 0.717) is 6.42 Å². The molecule has 0 heterocycles. The van der Waals surface area contributed by atoms with Crippen LogP contribution in [0.3, 0.4) is 0 Å². The number of hydrogen-bond donors (Lipinski definition) is 2. The average Bonchev–Trinajstić information content (AvgIpc) is 2.03. The van der Waals surface area contributed by atoms with Gasteiger partial charge in [-0.15, -0.1) is 6.58 Å². The smallest absolute Gasteiger partial charge is 0.0460 e. The van der Waals surface area contributed by atoms with Gasteiger partial charge in [0.25, 0.3) is 0 Å². The van der Waals surface area contributed by atoms with Crippen LogP contribution in [0.5, 0.6) is 0 Å². The van der Waals surface area contributed by atoms with Crippen molar-refractivity contribution in [3.8, 4) is 0 Å². The molecule has 0 saturated carbocycles. The lowest BCUT2D eigenvalue weighted by Crippen LogP contribution is -2.07. The molecule has 2 heteroatoms. The fourth-order valence-corrected chi connectivity index (χ4v) is 1.06. The highest BCUT2D eigenvalue weighted by atomic mass is 16.3. The molecule has 0 spiro atoms. The Labute approximate surface area is 68.6 Å². The van der Waals surface area contributed by atoms with Crippen molar-refractivity contribution in [2.75, 3.05) is 13.2 Å². The predicted molar refractivity (Wildman–Crippen MR) is 46.3 cm³/mol. The highest BCUT2D eigenvalue weighted by molar-refractivity contribution is 4.67. The maximum absolute atomic E-state index is 8.82. The van der Waals surface area contributed by atoms with E-state index in [0.717, 1.165) is 19.3 Å². The van der Waals surface area contributed by atoms with E-state index in [9.17, 15) is 0 Å². The van der Waals surface area contributed by atoms with Crippen LogP contribution in [0.15, 0.2) is 12.7 Å². The first-order valence-electron chi connectivity index (χ1n) is 4.17. The van der Waals surface area contributed by atoms with Crippen molar-refractivity contribution in [1.82, 2.24) is 0 Å².